The first kappa shape index (κ1) is 21.1. The van der Waals surface area contributed by atoms with E-state index in [0.717, 1.165) is 6.07 Å². The van der Waals surface area contributed by atoms with Crippen LogP contribution in [-0.4, -0.2) is 41.1 Å². The van der Waals surface area contributed by atoms with E-state index in [0.29, 0.717) is 12.6 Å². The molecule has 1 unspecified atom stereocenters. The molecule has 1 N–H and O–H groups in total. The molecule has 2 amide bonds. The molecular weight excluding hydrogens is 361 g/mol. The number of likely N-dealkylation sites (tertiary alicyclic amines) is 1. The predicted molar refractivity (Wildman–Crippen MR) is 93.7 cm³/mol. The van der Waals surface area contributed by atoms with Crippen LogP contribution in [0.25, 0.3) is 0 Å². The molecule has 1 saturated heterocycles. The summed E-state index contributed by atoms with van der Waals surface area (Å²) in [5.74, 6) is -4.35. The second kappa shape index (κ2) is 7.78. The van der Waals surface area contributed by atoms with E-state index < -0.39 is 47.1 Å². The van der Waals surface area contributed by atoms with Gasteiger partial charge >= 0.3 is 6.09 Å². The van der Waals surface area contributed by atoms with Gasteiger partial charge < -0.3 is 15.0 Å². The first-order valence-corrected chi connectivity index (χ1v) is 8.89. The van der Waals surface area contributed by atoms with Crippen molar-refractivity contribution in [1.29, 1.82) is 0 Å². The average molecular weight is 386 g/mol. The van der Waals surface area contributed by atoms with Crippen molar-refractivity contribution < 1.29 is 27.5 Å². The number of nitrogens with zero attached hydrogens (tertiary/aromatic N) is 1. The lowest BCUT2D eigenvalue weighted by Gasteiger charge is -2.42. The van der Waals surface area contributed by atoms with E-state index in [1.165, 1.54) is 4.90 Å². The van der Waals surface area contributed by atoms with E-state index in [1.54, 1.807) is 34.6 Å². The van der Waals surface area contributed by atoms with Gasteiger partial charge in [-0.05, 0) is 52.7 Å². The zero-order valence-electron chi connectivity index (χ0n) is 16.1. The highest BCUT2D eigenvalue weighted by Crippen LogP contribution is 2.35. The maximum Gasteiger partial charge on any atom is 0.408 e. The molecule has 5 nitrogen and oxygen atoms in total. The Kier molecular flexibility index (Phi) is 6.07. The van der Waals surface area contributed by atoms with Gasteiger partial charge in [0.25, 0.3) is 0 Å². The Morgan fingerprint density at radius 1 is 1.30 bits per heavy atom. The Morgan fingerprint density at radius 3 is 2.48 bits per heavy atom. The fraction of sp³-hybridized carbons (Fsp3) is 0.579. The molecule has 150 valence electrons. The van der Waals surface area contributed by atoms with E-state index >= 15 is 0 Å². The molecule has 1 aliphatic heterocycles. The summed E-state index contributed by atoms with van der Waals surface area (Å²) < 4.78 is 46.8. The van der Waals surface area contributed by atoms with Crippen molar-refractivity contribution in [3.63, 3.8) is 0 Å². The summed E-state index contributed by atoms with van der Waals surface area (Å²) in [7, 11) is 0. The van der Waals surface area contributed by atoms with Gasteiger partial charge in [0.2, 0.25) is 5.91 Å². The molecule has 0 aromatic heterocycles. The zero-order chi connectivity index (χ0) is 20.5. The minimum atomic E-state index is -1.28. The van der Waals surface area contributed by atoms with E-state index in [1.807, 2.05) is 0 Å². The number of likely N-dealkylation sites (N-methyl/N-ethyl adjacent to an activating group) is 1. The predicted octanol–water partition coefficient (Wildman–Crippen LogP) is 3.72. The summed E-state index contributed by atoms with van der Waals surface area (Å²) in [4.78, 5) is 26.2. The Morgan fingerprint density at radius 2 is 1.93 bits per heavy atom. The van der Waals surface area contributed by atoms with Gasteiger partial charge in [-0.3, -0.25) is 4.79 Å². The third kappa shape index (κ3) is 4.73. The number of ether oxygens (including phenoxy) is 1. The fourth-order valence-electron chi connectivity index (χ4n) is 3.42. The van der Waals surface area contributed by atoms with Crippen LogP contribution < -0.4 is 5.32 Å². The average Bonchev–Trinajstić information content (AvgIpc) is 2.52. The number of amides is 2. The first-order chi connectivity index (χ1) is 12.4. The van der Waals surface area contributed by atoms with Crippen molar-refractivity contribution in [2.75, 3.05) is 6.54 Å². The third-order valence-electron chi connectivity index (χ3n) is 4.60. The smallest absolute Gasteiger partial charge is 0.408 e. The molecule has 1 fully saturated rings. The van der Waals surface area contributed by atoms with Gasteiger partial charge in [-0.2, -0.15) is 0 Å². The lowest BCUT2D eigenvalue weighted by Crippen LogP contribution is -2.58. The number of rotatable bonds is 3. The van der Waals surface area contributed by atoms with Crippen LogP contribution in [0.5, 0.6) is 0 Å². The summed E-state index contributed by atoms with van der Waals surface area (Å²) >= 11 is 0. The number of nitrogens with one attached hydrogen (secondary N) is 1. The highest BCUT2D eigenvalue weighted by molar-refractivity contribution is 5.87. The van der Waals surface area contributed by atoms with E-state index in [4.69, 9.17) is 4.74 Å². The number of hydrogen-bond donors (Lipinski definition) is 1. The number of hydrogen-bond acceptors (Lipinski definition) is 3. The van der Waals surface area contributed by atoms with Crippen LogP contribution in [0.15, 0.2) is 12.1 Å². The summed E-state index contributed by atoms with van der Waals surface area (Å²) in [5.41, 5.74) is -0.904. The van der Waals surface area contributed by atoms with Gasteiger partial charge in [0.1, 0.15) is 17.5 Å². The maximum absolute atomic E-state index is 14.3. The van der Waals surface area contributed by atoms with Gasteiger partial charge in [0, 0.05) is 24.6 Å². The molecular formula is C19H25F3N2O3. The van der Waals surface area contributed by atoms with Crippen LogP contribution >= 0.6 is 0 Å². The number of benzene rings is 1. The van der Waals surface area contributed by atoms with Gasteiger partial charge in [-0.15, -0.1) is 0 Å². The molecule has 0 aliphatic carbocycles. The van der Waals surface area contributed by atoms with Crippen LogP contribution in [0.1, 0.15) is 52.5 Å². The molecule has 8 heteroatoms. The van der Waals surface area contributed by atoms with Gasteiger partial charge in [-0.1, -0.05) is 0 Å². The van der Waals surface area contributed by atoms with Crippen molar-refractivity contribution in [3.8, 4) is 0 Å². The minimum absolute atomic E-state index is 0.00948. The molecule has 1 aliphatic rings. The second-order valence-electron chi connectivity index (χ2n) is 7.70. The highest BCUT2D eigenvalue weighted by atomic mass is 19.2. The standard InChI is InChI=1S/C19H25F3N2O3/c1-6-24-10(2)12(13-7-11(20)8-14(21)16(13)22)9-15(17(24)25)23-18(26)27-19(3,4)5/h7-8,10,12,15H,6,9H2,1-5H3,(H,23,26)/t10-,12-,15?/m1/s1. The van der Waals surface area contributed by atoms with Crippen molar-refractivity contribution in [3.05, 3.63) is 35.1 Å². The monoisotopic (exact) mass is 386 g/mol. The number of alkyl carbamates (subject to hydrolysis) is 1. The topological polar surface area (TPSA) is 58.6 Å². The Labute approximate surface area is 156 Å². The molecule has 1 aromatic carbocycles. The fourth-order valence-corrected chi connectivity index (χ4v) is 3.42. The molecule has 27 heavy (non-hydrogen) atoms. The molecule has 0 spiro atoms. The molecule has 2 rings (SSSR count). The molecule has 1 aromatic rings. The van der Waals surface area contributed by atoms with E-state index in [2.05, 4.69) is 5.32 Å². The molecule has 0 saturated carbocycles. The maximum atomic E-state index is 14.3. The van der Waals surface area contributed by atoms with Gasteiger partial charge in [0.05, 0.1) is 0 Å². The Bertz CT molecular complexity index is 734. The minimum Gasteiger partial charge on any atom is -0.444 e. The van der Waals surface area contributed by atoms with Crippen molar-refractivity contribution in [1.82, 2.24) is 10.2 Å². The third-order valence-corrected chi connectivity index (χ3v) is 4.60. The van der Waals surface area contributed by atoms with Crippen LogP contribution in [-0.2, 0) is 9.53 Å². The van der Waals surface area contributed by atoms with Crippen LogP contribution in [0.2, 0.25) is 0 Å². The van der Waals surface area contributed by atoms with Crippen LogP contribution in [0.3, 0.4) is 0 Å². The van der Waals surface area contributed by atoms with Gasteiger partial charge in [-0.25, -0.2) is 18.0 Å². The van der Waals surface area contributed by atoms with E-state index in [-0.39, 0.29) is 17.9 Å². The number of halogens is 3. The quantitative estimate of drug-likeness (QED) is 0.806. The van der Waals surface area contributed by atoms with Crippen molar-refractivity contribution >= 4 is 12.0 Å². The van der Waals surface area contributed by atoms with Crippen molar-refractivity contribution in [2.24, 2.45) is 0 Å². The van der Waals surface area contributed by atoms with E-state index in [9.17, 15) is 22.8 Å². The summed E-state index contributed by atoms with van der Waals surface area (Å²) in [5, 5.41) is 2.50. The molecule has 0 bridgehead atoms. The normalized spacial score (nSPS) is 23.3. The summed E-state index contributed by atoms with van der Waals surface area (Å²) in [6.07, 6.45) is -0.772. The Balaban J connectivity index is 2.34. The number of piperidine rings is 1. The first-order valence-electron chi connectivity index (χ1n) is 8.89. The van der Waals surface area contributed by atoms with Crippen LogP contribution in [0, 0.1) is 17.5 Å². The largest absolute Gasteiger partial charge is 0.444 e. The Hall–Kier alpha value is -2.25. The second-order valence-corrected chi connectivity index (χ2v) is 7.70. The number of carbonyl (C=O) groups excluding carboxylic acids is 2. The lowest BCUT2D eigenvalue weighted by atomic mass is 9.81. The zero-order valence-corrected chi connectivity index (χ0v) is 16.1. The van der Waals surface area contributed by atoms with Crippen molar-refractivity contribution in [2.45, 2.75) is 64.6 Å². The SMILES string of the molecule is CCN1C(=O)C(NC(=O)OC(C)(C)C)C[C@@H](c2cc(F)cc(F)c2F)[C@H]1C. The summed E-state index contributed by atoms with van der Waals surface area (Å²) in [6.45, 7) is 8.79. The highest BCUT2D eigenvalue weighted by Gasteiger charge is 2.42. The van der Waals surface area contributed by atoms with Crippen LogP contribution in [0.4, 0.5) is 18.0 Å². The summed E-state index contributed by atoms with van der Waals surface area (Å²) in [6, 6.07) is -0.0548. The molecule has 1 heterocycles. The number of carbonyl (C=O) groups is 2. The molecule has 0 radical (unpaired) electrons. The lowest BCUT2D eigenvalue weighted by molar-refractivity contribution is -0.139. The molecule has 3 atom stereocenters. The van der Waals surface area contributed by atoms with Gasteiger partial charge in [0.15, 0.2) is 11.6 Å².